The second-order valence-electron chi connectivity index (χ2n) is 8.09. The van der Waals surface area contributed by atoms with E-state index in [0.717, 1.165) is 17.6 Å². The molecule has 0 aliphatic heterocycles. The molecule has 0 fully saturated rings. The number of aryl methyl sites for hydroxylation is 1. The van der Waals surface area contributed by atoms with Crippen LogP contribution in [0.15, 0.2) is 67.0 Å². The van der Waals surface area contributed by atoms with Crippen LogP contribution in [0.5, 0.6) is 0 Å². The third kappa shape index (κ3) is 3.59. The number of imidazole rings is 1. The Morgan fingerprint density at radius 1 is 1.03 bits per heavy atom. The highest BCUT2D eigenvalue weighted by molar-refractivity contribution is 6.10. The number of benzene rings is 3. The SMILES string of the molecule is Cn1cnc2cc(-c3c(C(N)=O)n(Cc4cccc(F)c4)c4ccc(C(F)(F)F)cc34)ccc21. The van der Waals surface area contributed by atoms with Crippen molar-refractivity contribution in [1.29, 1.82) is 0 Å². The second kappa shape index (κ2) is 7.72. The van der Waals surface area contributed by atoms with Crippen molar-refractivity contribution in [2.75, 3.05) is 0 Å². The zero-order valence-corrected chi connectivity index (χ0v) is 17.9. The molecule has 0 atom stereocenters. The van der Waals surface area contributed by atoms with Gasteiger partial charge in [0, 0.05) is 30.1 Å². The van der Waals surface area contributed by atoms with Gasteiger partial charge < -0.3 is 14.9 Å². The Balaban J connectivity index is 1.84. The van der Waals surface area contributed by atoms with Gasteiger partial charge in [-0.1, -0.05) is 18.2 Å². The Labute approximate surface area is 191 Å². The first kappa shape index (κ1) is 21.7. The number of alkyl halides is 3. The molecule has 0 bridgehead atoms. The van der Waals surface area contributed by atoms with E-state index in [0.29, 0.717) is 22.2 Å². The number of primary amides is 1. The van der Waals surface area contributed by atoms with E-state index in [1.165, 1.54) is 28.8 Å². The van der Waals surface area contributed by atoms with E-state index in [1.54, 1.807) is 30.6 Å². The first-order valence-corrected chi connectivity index (χ1v) is 10.3. The summed E-state index contributed by atoms with van der Waals surface area (Å²) in [5, 5.41) is 0.218. The molecule has 0 unspecified atom stereocenters. The van der Waals surface area contributed by atoms with E-state index in [4.69, 9.17) is 5.73 Å². The zero-order valence-electron chi connectivity index (χ0n) is 17.9. The number of nitrogens with two attached hydrogens (primary N) is 1. The first-order chi connectivity index (χ1) is 16.1. The van der Waals surface area contributed by atoms with Crippen LogP contribution in [0.25, 0.3) is 33.1 Å². The van der Waals surface area contributed by atoms with Crippen LogP contribution in [0.1, 0.15) is 21.6 Å². The van der Waals surface area contributed by atoms with Gasteiger partial charge in [-0.2, -0.15) is 13.2 Å². The Morgan fingerprint density at radius 3 is 2.50 bits per heavy atom. The van der Waals surface area contributed by atoms with Gasteiger partial charge in [0.15, 0.2) is 0 Å². The molecule has 5 rings (SSSR count). The molecule has 0 aliphatic rings. The highest BCUT2D eigenvalue weighted by Gasteiger charge is 2.32. The minimum absolute atomic E-state index is 0.0360. The lowest BCUT2D eigenvalue weighted by Crippen LogP contribution is -2.18. The van der Waals surface area contributed by atoms with E-state index < -0.39 is 23.5 Å². The number of rotatable bonds is 4. The largest absolute Gasteiger partial charge is 0.416 e. The van der Waals surface area contributed by atoms with E-state index >= 15 is 0 Å². The molecule has 0 saturated carbocycles. The van der Waals surface area contributed by atoms with Gasteiger partial charge in [-0.05, 0) is 53.6 Å². The molecule has 2 heterocycles. The molecule has 2 aromatic heterocycles. The number of halogens is 4. The smallest absolute Gasteiger partial charge is 0.364 e. The predicted molar refractivity (Wildman–Crippen MR) is 121 cm³/mol. The van der Waals surface area contributed by atoms with Gasteiger partial charge in [0.05, 0.1) is 22.9 Å². The van der Waals surface area contributed by atoms with Gasteiger partial charge in [-0.15, -0.1) is 0 Å². The van der Waals surface area contributed by atoms with Crippen LogP contribution in [0.3, 0.4) is 0 Å². The molecule has 9 heteroatoms. The number of hydrogen-bond acceptors (Lipinski definition) is 2. The van der Waals surface area contributed by atoms with Crippen LogP contribution in [0.4, 0.5) is 17.6 Å². The minimum Gasteiger partial charge on any atom is -0.364 e. The fraction of sp³-hybridized carbons (Fsp3) is 0.120. The second-order valence-corrected chi connectivity index (χ2v) is 8.09. The summed E-state index contributed by atoms with van der Waals surface area (Å²) < 4.78 is 57.8. The van der Waals surface area contributed by atoms with Crippen molar-refractivity contribution in [3.8, 4) is 11.1 Å². The van der Waals surface area contributed by atoms with Gasteiger partial charge >= 0.3 is 6.18 Å². The summed E-state index contributed by atoms with van der Waals surface area (Å²) in [4.78, 5) is 17.0. The number of aromatic nitrogens is 3. The first-order valence-electron chi connectivity index (χ1n) is 10.3. The number of carbonyl (C=O) groups excluding carboxylic acids is 1. The summed E-state index contributed by atoms with van der Waals surface area (Å²) in [5.41, 5.74) is 8.08. The quantitative estimate of drug-likeness (QED) is 0.356. The summed E-state index contributed by atoms with van der Waals surface area (Å²) in [6, 6.07) is 14.3. The lowest BCUT2D eigenvalue weighted by atomic mass is 9.99. The molecular weight excluding hydrogens is 448 g/mol. The van der Waals surface area contributed by atoms with Crippen LogP contribution in [0.2, 0.25) is 0 Å². The third-order valence-corrected chi connectivity index (χ3v) is 5.87. The van der Waals surface area contributed by atoms with Crippen LogP contribution in [-0.4, -0.2) is 20.0 Å². The standard InChI is InChI=1S/C25H18F4N4O/c1-32-13-31-19-10-15(5-7-21(19)32)22-18-11-16(25(27,28)29)6-8-20(18)33(23(22)24(30)34)12-14-3-2-4-17(26)9-14/h2-11,13H,12H2,1H3,(H2,30,34). The summed E-state index contributed by atoms with van der Waals surface area (Å²) in [7, 11) is 1.82. The normalized spacial score (nSPS) is 12.0. The summed E-state index contributed by atoms with van der Waals surface area (Å²) >= 11 is 0. The van der Waals surface area contributed by atoms with E-state index in [9.17, 15) is 22.4 Å². The van der Waals surface area contributed by atoms with Gasteiger partial charge in [-0.3, -0.25) is 4.79 Å². The number of hydrogen-bond donors (Lipinski definition) is 1. The molecule has 0 radical (unpaired) electrons. The maximum atomic E-state index is 13.8. The van der Waals surface area contributed by atoms with Crippen molar-refractivity contribution in [3.05, 3.63) is 89.6 Å². The highest BCUT2D eigenvalue weighted by atomic mass is 19.4. The van der Waals surface area contributed by atoms with Crippen LogP contribution in [-0.2, 0) is 19.8 Å². The minimum atomic E-state index is -4.58. The van der Waals surface area contributed by atoms with Gasteiger partial charge in [-0.25, -0.2) is 9.37 Å². The summed E-state index contributed by atoms with van der Waals surface area (Å²) in [6.45, 7) is 0.0454. The van der Waals surface area contributed by atoms with Crippen LogP contribution >= 0.6 is 0 Å². The number of nitrogens with zero attached hydrogens (tertiary/aromatic N) is 3. The maximum absolute atomic E-state index is 13.8. The Bertz CT molecular complexity index is 1580. The number of amides is 1. The molecule has 0 spiro atoms. The molecule has 5 aromatic rings. The van der Waals surface area contributed by atoms with Gasteiger partial charge in [0.1, 0.15) is 11.5 Å². The van der Waals surface area contributed by atoms with E-state index in [-0.39, 0.29) is 23.2 Å². The lowest BCUT2D eigenvalue weighted by molar-refractivity contribution is -0.137. The lowest BCUT2D eigenvalue weighted by Gasteiger charge is -2.11. The molecule has 0 saturated heterocycles. The molecule has 172 valence electrons. The molecular formula is C25H18F4N4O. The van der Waals surface area contributed by atoms with Crippen LogP contribution in [0, 0.1) is 5.82 Å². The molecule has 5 nitrogen and oxygen atoms in total. The van der Waals surface area contributed by atoms with E-state index in [1.807, 2.05) is 11.6 Å². The van der Waals surface area contributed by atoms with Crippen LogP contribution < -0.4 is 5.73 Å². The van der Waals surface area contributed by atoms with Gasteiger partial charge in [0.25, 0.3) is 5.91 Å². The molecule has 2 N–H and O–H groups in total. The fourth-order valence-corrected chi connectivity index (χ4v) is 4.35. The van der Waals surface area contributed by atoms with Crippen molar-refractivity contribution >= 4 is 27.8 Å². The highest BCUT2D eigenvalue weighted by Crippen LogP contribution is 2.40. The molecule has 34 heavy (non-hydrogen) atoms. The Hall–Kier alpha value is -4.14. The van der Waals surface area contributed by atoms with Gasteiger partial charge in [0.2, 0.25) is 0 Å². The average molecular weight is 466 g/mol. The molecule has 3 aromatic carbocycles. The van der Waals surface area contributed by atoms with Crippen molar-refractivity contribution in [2.24, 2.45) is 12.8 Å². The van der Waals surface area contributed by atoms with Crippen molar-refractivity contribution in [2.45, 2.75) is 12.7 Å². The third-order valence-electron chi connectivity index (χ3n) is 5.87. The number of carbonyl (C=O) groups is 1. The maximum Gasteiger partial charge on any atom is 0.416 e. The fourth-order valence-electron chi connectivity index (χ4n) is 4.35. The summed E-state index contributed by atoms with van der Waals surface area (Å²) in [5.74, 6) is -1.27. The average Bonchev–Trinajstić information content (AvgIpc) is 3.30. The topological polar surface area (TPSA) is 65.8 Å². The van der Waals surface area contributed by atoms with Crippen molar-refractivity contribution in [1.82, 2.24) is 14.1 Å². The molecule has 1 amide bonds. The monoisotopic (exact) mass is 466 g/mol. The predicted octanol–water partition coefficient (Wildman–Crippen LogP) is 5.50. The molecule has 0 aliphatic carbocycles. The Kier molecular flexibility index (Phi) is 4.93. The van der Waals surface area contributed by atoms with E-state index in [2.05, 4.69) is 4.98 Å². The zero-order chi connectivity index (χ0) is 24.2. The number of fused-ring (bicyclic) bond motifs is 2. The van der Waals surface area contributed by atoms with Crippen molar-refractivity contribution in [3.63, 3.8) is 0 Å². The Morgan fingerprint density at radius 2 is 1.79 bits per heavy atom. The summed E-state index contributed by atoms with van der Waals surface area (Å²) in [6.07, 6.45) is -2.95. The van der Waals surface area contributed by atoms with Crippen molar-refractivity contribution < 1.29 is 22.4 Å².